The molecule has 0 atom stereocenters. The summed E-state index contributed by atoms with van der Waals surface area (Å²) in [7, 11) is 0. The highest BCUT2D eigenvalue weighted by Gasteiger charge is 2.25. The zero-order valence-corrected chi connectivity index (χ0v) is 16.7. The number of hydrogen-bond acceptors (Lipinski definition) is 3. The van der Waals surface area contributed by atoms with E-state index in [1.165, 1.54) is 75.7 Å². The van der Waals surface area contributed by atoms with E-state index in [9.17, 15) is 0 Å². The molecule has 146 valence electrons. The second kappa shape index (κ2) is 8.81. The van der Waals surface area contributed by atoms with Gasteiger partial charge in [0.1, 0.15) is 5.76 Å². The summed E-state index contributed by atoms with van der Waals surface area (Å²) in [4.78, 5) is 9.68. The van der Waals surface area contributed by atoms with Crippen molar-refractivity contribution in [3.8, 4) is 0 Å². The minimum atomic E-state index is 0.450. The number of ether oxygens (including phenoxy) is 1. The van der Waals surface area contributed by atoms with Crippen molar-refractivity contribution in [2.24, 2.45) is 4.99 Å². The van der Waals surface area contributed by atoms with Crippen LogP contribution in [0.3, 0.4) is 0 Å². The van der Waals surface area contributed by atoms with Gasteiger partial charge in [0, 0.05) is 25.3 Å². The molecule has 0 radical (unpaired) electrons. The summed E-state index contributed by atoms with van der Waals surface area (Å²) in [5, 5.41) is 0. The SMILES string of the molecule is CCN1C/C(=C\c2ccc(N3CCCCC3)cc2)OC1=NC1CCCCC1. The van der Waals surface area contributed by atoms with Crippen molar-refractivity contribution in [1.29, 1.82) is 0 Å². The number of amidine groups is 1. The van der Waals surface area contributed by atoms with Crippen LogP contribution in [0.15, 0.2) is 35.0 Å². The number of hydrogen-bond donors (Lipinski definition) is 0. The average molecular weight is 368 g/mol. The fourth-order valence-electron chi connectivity index (χ4n) is 4.39. The molecule has 0 bridgehead atoms. The van der Waals surface area contributed by atoms with E-state index < -0.39 is 0 Å². The van der Waals surface area contributed by atoms with Crippen LogP contribution in [0, 0.1) is 0 Å². The maximum Gasteiger partial charge on any atom is 0.293 e. The fraction of sp³-hybridized carbons (Fsp3) is 0.609. The molecule has 1 aromatic rings. The Morgan fingerprint density at radius 3 is 2.41 bits per heavy atom. The molecular weight excluding hydrogens is 334 g/mol. The molecule has 1 aliphatic carbocycles. The number of anilines is 1. The molecule has 2 saturated heterocycles. The van der Waals surface area contributed by atoms with Gasteiger partial charge in [-0.05, 0) is 62.8 Å². The topological polar surface area (TPSA) is 28.1 Å². The van der Waals surface area contributed by atoms with Gasteiger partial charge in [-0.25, -0.2) is 4.99 Å². The number of nitrogens with zero attached hydrogens (tertiary/aromatic N) is 3. The minimum absolute atomic E-state index is 0.450. The van der Waals surface area contributed by atoms with Gasteiger partial charge < -0.3 is 14.5 Å². The van der Waals surface area contributed by atoms with Crippen molar-refractivity contribution in [2.45, 2.75) is 64.3 Å². The summed E-state index contributed by atoms with van der Waals surface area (Å²) < 4.78 is 6.14. The molecule has 2 aliphatic heterocycles. The Balaban J connectivity index is 1.43. The third-order valence-corrected chi connectivity index (χ3v) is 6.03. The smallest absolute Gasteiger partial charge is 0.293 e. The van der Waals surface area contributed by atoms with Crippen LogP contribution in [-0.4, -0.2) is 43.1 Å². The summed E-state index contributed by atoms with van der Waals surface area (Å²) in [6.07, 6.45) is 12.6. The van der Waals surface area contributed by atoms with E-state index in [2.05, 4.69) is 47.1 Å². The summed E-state index contributed by atoms with van der Waals surface area (Å²) >= 11 is 0. The Morgan fingerprint density at radius 2 is 1.70 bits per heavy atom. The Kier molecular flexibility index (Phi) is 6.00. The first kappa shape index (κ1) is 18.4. The number of benzene rings is 1. The van der Waals surface area contributed by atoms with Crippen LogP contribution in [0.5, 0.6) is 0 Å². The average Bonchev–Trinajstić information content (AvgIpc) is 3.11. The van der Waals surface area contributed by atoms with Gasteiger partial charge in [0.25, 0.3) is 6.02 Å². The van der Waals surface area contributed by atoms with Crippen LogP contribution < -0.4 is 4.90 Å². The van der Waals surface area contributed by atoms with Gasteiger partial charge in [-0.3, -0.25) is 0 Å². The molecule has 4 rings (SSSR count). The number of likely N-dealkylation sites (N-methyl/N-ethyl adjacent to an activating group) is 1. The van der Waals surface area contributed by atoms with Gasteiger partial charge in [-0.15, -0.1) is 0 Å². The fourth-order valence-corrected chi connectivity index (χ4v) is 4.39. The monoisotopic (exact) mass is 367 g/mol. The molecule has 0 unspecified atom stereocenters. The minimum Gasteiger partial charge on any atom is -0.429 e. The van der Waals surface area contributed by atoms with E-state index in [4.69, 9.17) is 9.73 Å². The molecule has 2 heterocycles. The van der Waals surface area contributed by atoms with Crippen LogP contribution in [0.25, 0.3) is 6.08 Å². The molecule has 4 nitrogen and oxygen atoms in total. The third kappa shape index (κ3) is 4.66. The third-order valence-electron chi connectivity index (χ3n) is 6.03. The largest absolute Gasteiger partial charge is 0.429 e. The predicted octanol–water partition coefficient (Wildman–Crippen LogP) is 5.06. The second-order valence-corrected chi connectivity index (χ2v) is 8.07. The van der Waals surface area contributed by atoms with E-state index in [-0.39, 0.29) is 0 Å². The molecule has 0 amide bonds. The summed E-state index contributed by atoms with van der Waals surface area (Å²) in [6, 6.07) is 10.2. The lowest BCUT2D eigenvalue weighted by atomic mass is 9.96. The van der Waals surface area contributed by atoms with E-state index in [1.54, 1.807) is 0 Å². The van der Waals surface area contributed by atoms with Crippen molar-refractivity contribution in [2.75, 3.05) is 31.1 Å². The quantitative estimate of drug-likeness (QED) is 0.745. The molecule has 3 aliphatic rings. The van der Waals surface area contributed by atoms with Crippen molar-refractivity contribution >= 4 is 17.8 Å². The Hall–Kier alpha value is -1.97. The lowest BCUT2D eigenvalue weighted by Crippen LogP contribution is -2.29. The van der Waals surface area contributed by atoms with Crippen LogP contribution in [0.2, 0.25) is 0 Å². The zero-order chi connectivity index (χ0) is 18.5. The first-order chi connectivity index (χ1) is 13.3. The Bertz CT molecular complexity index is 667. The predicted molar refractivity (Wildman–Crippen MR) is 113 cm³/mol. The number of aliphatic imine (C=N–C) groups is 1. The maximum atomic E-state index is 6.14. The summed E-state index contributed by atoms with van der Waals surface area (Å²) in [5.41, 5.74) is 2.56. The Labute approximate surface area is 163 Å². The van der Waals surface area contributed by atoms with Crippen LogP contribution in [0.4, 0.5) is 5.69 Å². The van der Waals surface area contributed by atoms with Gasteiger partial charge in [-0.2, -0.15) is 0 Å². The summed E-state index contributed by atoms with van der Waals surface area (Å²) in [5.74, 6) is 1.01. The molecule has 4 heteroatoms. The van der Waals surface area contributed by atoms with E-state index in [0.29, 0.717) is 6.04 Å². The molecule has 1 saturated carbocycles. The normalized spacial score (nSPS) is 24.6. The first-order valence-corrected chi connectivity index (χ1v) is 10.9. The zero-order valence-electron chi connectivity index (χ0n) is 16.7. The molecule has 3 fully saturated rings. The Morgan fingerprint density at radius 1 is 1.00 bits per heavy atom. The highest BCUT2D eigenvalue weighted by atomic mass is 16.5. The number of piperidine rings is 1. The molecule has 0 spiro atoms. The van der Waals surface area contributed by atoms with E-state index >= 15 is 0 Å². The molecule has 1 aromatic carbocycles. The lowest BCUT2D eigenvalue weighted by Gasteiger charge is -2.28. The van der Waals surface area contributed by atoms with Gasteiger partial charge in [-0.1, -0.05) is 31.4 Å². The van der Waals surface area contributed by atoms with E-state index in [1.807, 2.05) is 0 Å². The lowest BCUT2D eigenvalue weighted by molar-refractivity contribution is 0.391. The van der Waals surface area contributed by atoms with Crippen LogP contribution in [-0.2, 0) is 4.74 Å². The summed E-state index contributed by atoms with van der Waals surface area (Å²) in [6.45, 7) is 6.33. The van der Waals surface area contributed by atoms with Gasteiger partial charge in [0.2, 0.25) is 0 Å². The maximum absolute atomic E-state index is 6.14. The molecular formula is C23H33N3O. The van der Waals surface area contributed by atoms with Crippen molar-refractivity contribution in [1.82, 2.24) is 4.90 Å². The van der Waals surface area contributed by atoms with Crippen molar-refractivity contribution < 1.29 is 4.74 Å². The van der Waals surface area contributed by atoms with Gasteiger partial charge in [0.15, 0.2) is 0 Å². The first-order valence-electron chi connectivity index (χ1n) is 10.9. The second-order valence-electron chi connectivity index (χ2n) is 8.07. The molecule has 27 heavy (non-hydrogen) atoms. The molecule has 0 aromatic heterocycles. The van der Waals surface area contributed by atoms with Crippen molar-refractivity contribution in [3.63, 3.8) is 0 Å². The number of rotatable bonds is 4. The highest BCUT2D eigenvalue weighted by Crippen LogP contribution is 2.25. The van der Waals surface area contributed by atoms with E-state index in [0.717, 1.165) is 24.9 Å². The van der Waals surface area contributed by atoms with Crippen LogP contribution in [0.1, 0.15) is 63.9 Å². The van der Waals surface area contributed by atoms with Gasteiger partial charge in [0.05, 0.1) is 12.6 Å². The van der Waals surface area contributed by atoms with Crippen molar-refractivity contribution in [3.05, 3.63) is 35.6 Å². The standard InChI is InChI=1S/C23H33N3O/c1-2-25-18-22(27-23(25)24-20-9-5-3-6-10-20)17-19-11-13-21(14-12-19)26-15-7-4-8-16-26/h11-14,17,20H,2-10,15-16,18H2,1H3/b22-17+,24-23?. The van der Waals surface area contributed by atoms with Gasteiger partial charge >= 0.3 is 0 Å². The highest BCUT2D eigenvalue weighted by molar-refractivity contribution is 5.79. The molecule has 0 N–H and O–H groups in total. The van der Waals surface area contributed by atoms with Crippen LogP contribution >= 0.6 is 0 Å².